The lowest BCUT2D eigenvalue weighted by atomic mass is 10.1. The van der Waals surface area contributed by atoms with Crippen LogP contribution in [-0.4, -0.2) is 9.91 Å². The summed E-state index contributed by atoms with van der Waals surface area (Å²) in [7, 11) is 0. The number of rotatable bonds is 3. The third-order valence-corrected chi connectivity index (χ3v) is 3.56. The summed E-state index contributed by atoms with van der Waals surface area (Å²) in [5.74, 6) is 0. The van der Waals surface area contributed by atoms with E-state index in [-0.39, 0.29) is 5.54 Å². The van der Waals surface area contributed by atoms with Crippen molar-refractivity contribution >= 4 is 11.5 Å². The van der Waals surface area contributed by atoms with Crippen LogP contribution in [0.5, 0.6) is 0 Å². The molecule has 18 heavy (non-hydrogen) atoms. The molecule has 0 saturated heterocycles. The van der Waals surface area contributed by atoms with Crippen molar-refractivity contribution in [3.63, 3.8) is 0 Å². The van der Waals surface area contributed by atoms with E-state index in [2.05, 4.69) is 67.7 Å². The average Bonchev–Trinajstić information content (AvgIpc) is 2.75. The van der Waals surface area contributed by atoms with Gasteiger partial charge in [-0.25, -0.2) is 0 Å². The maximum Gasteiger partial charge on any atom is 0.0846 e. The highest BCUT2D eigenvalue weighted by Crippen LogP contribution is 2.25. The van der Waals surface area contributed by atoms with Gasteiger partial charge < -0.3 is 5.32 Å². The molecule has 0 amide bonds. The van der Waals surface area contributed by atoms with Crippen molar-refractivity contribution in [1.82, 2.24) is 9.69 Å². The van der Waals surface area contributed by atoms with Crippen LogP contribution in [0.4, 0.5) is 0 Å². The van der Waals surface area contributed by atoms with Crippen molar-refractivity contribution in [2.75, 3.05) is 0 Å². The maximum atomic E-state index is 4.55. The van der Waals surface area contributed by atoms with Gasteiger partial charge in [-0.15, -0.1) is 0 Å². The second kappa shape index (κ2) is 5.21. The fourth-order valence-corrected chi connectivity index (χ4v) is 2.40. The van der Waals surface area contributed by atoms with Crippen LogP contribution in [0, 0.1) is 6.92 Å². The van der Waals surface area contributed by atoms with Gasteiger partial charge in [0.15, 0.2) is 0 Å². The highest BCUT2D eigenvalue weighted by molar-refractivity contribution is 7.06. The number of nitrogens with zero attached hydrogens (tertiary/aromatic N) is 1. The molecule has 1 N–H and O–H groups in total. The largest absolute Gasteiger partial charge is 0.307 e. The van der Waals surface area contributed by atoms with Crippen LogP contribution >= 0.6 is 11.5 Å². The average molecular weight is 260 g/mol. The number of aromatic nitrogens is 1. The zero-order chi connectivity index (χ0) is 13.2. The van der Waals surface area contributed by atoms with Crippen molar-refractivity contribution in [3.8, 4) is 11.3 Å². The molecule has 0 fully saturated rings. The Bertz CT molecular complexity index is 523. The Morgan fingerprint density at radius 1 is 1.22 bits per heavy atom. The summed E-state index contributed by atoms with van der Waals surface area (Å²) < 4.78 is 4.55. The predicted octanol–water partition coefficient (Wildman–Crippen LogP) is 4.01. The van der Waals surface area contributed by atoms with Crippen LogP contribution in [0.1, 0.15) is 31.2 Å². The third-order valence-electron chi connectivity index (χ3n) is 2.77. The van der Waals surface area contributed by atoms with Crippen LogP contribution in [0.25, 0.3) is 11.3 Å². The van der Waals surface area contributed by atoms with Gasteiger partial charge in [0, 0.05) is 22.5 Å². The molecule has 0 atom stereocenters. The van der Waals surface area contributed by atoms with Gasteiger partial charge in [-0.05, 0) is 50.9 Å². The Morgan fingerprint density at radius 2 is 1.94 bits per heavy atom. The normalized spacial score (nSPS) is 11.8. The van der Waals surface area contributed by atoms with E-state index in [0.717, 1.165) is 12.2 Å². The smallest absolute Gasteiger partial charge is 0.0846 e. The molecular formula is C15H20N2S. The Balaban J connectivity index is 2.14. The summed E-state index contributed by atoms with van der Waals surface area (Å²) in [6, 6.07) is 10.6. The van der Waals surface area contributed by atoms with Gasteiger partial charge in [-0.3, -0.25) is 0 Å². The van der Waals surface area contributed by atoms with Crippen LogP contribution < -0.4 is 5.32 Å². The highest BCUT2D eigenvalue weighted by Gasteiger charge is 2.11. The molecule has 0 aliphatic rings. The Morgan fingerprint density at radius 3 is 2.61 bits per heavy atom. The molecule has 3 heteroatoms. The molecule has 2 rings (SSSR count). The van der Waals surface area contributed by atoms with E-state index in [1.165, 1.54) is 16.0 Å². The van der Waals surface area contributed by atoms with Gasteiger partial charge in [0.25, 0.3) is 0 Å². The summed E-state index contributed by atoms with van der Waals surface area (Å²) in [6.45, 7) is 9.54. The topological polar surface area (TPSA) is 24.9 Å². The number of benzene rings is 1. The monoisotopic (exact) mass is 260 g/mol. The second-order valence-electron chi connectivity index (χ2n) is 5.60. The van der Waals surface area contributed by atoms with Gasteiger partial charge in [-0.2, -0.15) is 4.37 Å². The molecule has 0 aliphatic carbocycles. The minimum Gasteiger partial charge on any atom is -0.307 e. The number of aryl methyl sites for hydroxylation is 1. The van der Waals surface area contributed by atoms with Crippen LogP contribution in [0.2, 0.25) is 0 Å². The Hall–Kier alpha value is -1.19. The fraction of sp³-hybridized carbons (Fsp3) is 0.400. The van der Waals surface area contributed by atoms with E-state index < -0.39 is 0 Å². The molecule has 0 saturated carbocycles. The Labute approximate surface area is 113 Å². The van der Waals surface area contributed by atoms with E-state index >= 15 is 0 Å². The van der Waals surface area contributed by atoms with E-state index in [1.807, 2.05) is 0 Å². The second-order valence-corrected chi connectivity index (χ2v) is 6.49. The highest BCUT2D eigenvalue weighted by atomic mass is 32.1. The molecule has 0 aliphatic heterocycles. The van der Waals surface area contributed by atoms with Gasteiger partial charge in [-0.1, -0.05) is 24.3 Å². The molecule has 2 aromatic rings. The van der Waals surface area contributed by atoms with Crippen molar-refractivity contribution in [2.45, 2.75) is 39.8 Å². The van der Waals surface area contributed by atoms with Crippen molar-refractivity contribution in [1.29, 1.82) is 0 Å². The first-order valence-corrected chi connectivity index (χ1v) is 7.00. The SMILES string of the molecule is Cc1ccccc1-c1cc(CNC(C)(C)C)sn1. The van der Waals surface area contributed by atoms with Gasteiger partial charge in [0.1, 0.15) is 0 Å². The molecule has 1 aromatic carbocycles. The molecule has 0 spiro atoms. The van der Waals surface area contributed by atoms with Crippen molar-refractivity contribution in [2.24, 2.45) is 0 Å². The van der Waals surface area contributed by atoms with Crippen LogP contribution in [-0.2, 0) is 6.54 Å². The summed E-state index contributed by atoms with van der Waals surface area (Å²) in [5, 5.41) is 3.49. The summed E-state index contributed by atoms with van der Waals surface area (Å²) in [4.78, 5) is 1.28. The van der Waals surface area contributed by atoms with Crippen molar-refractivity contribution in [3.05, 3.63) is 40.8 Å². The molecule has 0 bridgehead atoms. The lowest BCUT2D eigenvalue weighted by Crippen LogP contribution is -2.34. The zero-order valence-electron chi connectivity index (χ0n) is 11.4. The van der Waals surface area contributed by atoms with Gasteiger partial charge >= 0.3 is 0 Å². The molecule has 1 heterocycles. The van der Waals surface area contributed by atoms with E-state index in [9.17, 15) is 0 Å². The van der Waals surface area contributed by atoms with Crippen LogP contribution in [0.3, 0.4) is 0 Å². The summed E-state index contributed by atoms with van der Waals surface area (Å²) in [6.07, 6.45) is 0. The van der Waals surface area contributed by atoms with Gasteiger partial charge in [0.05, 0.1) is 5.69 Å². The molecule has 1 aromatic heterocycles. The lowest BCUT2D eigenvalue weighted by molar-refractivity contribution is 0.426. The first-order chi connectivity index (χ1) is 8.46. The zero-order valence-corrected chi connectivity index (χ0v) is 12.3. The minimum absolute atomic E-state index is 0.146. The van der Waals surface area contributed by atoms with Crippen LogP contribution in [0.15, 0.2) is 30.3 Å². The Kier molecular flexibility index (Phi) is 3.83. The van der Waals surface area contributed by atoms with Gasteiger partial charge in [0.2, 0.25) is 0 Å². The van der Waals surface area contributed by atoms with E-state index in [1.54, 1.807) is 11.5 Å². The maximum absolute atomic E-state index is 4.55. The van der Waals surface area contributed by atoms with E-state index in [0.29, 0.717) is 0 Å². The quantitative estimate of drug-likeness (QED) is 0.902. The third kappa shape index (κ3) is 3.40. The number of hydrogen-bond donors (Lipinski definition) is 1. The standard InChI is InChI=1S/C15H20N2S/c1-11-7-5-6-8-13(11)14-9-12(18-17-14)10-16-15(2,3)4/h5-9,16H,10H2,1-4H3. The number of nitrogens with one attached hydrogen (secondary N) is 1. The first kappa shape index (κ1) is 13.2. The van der Waals surface area contributed by atoms with E-state index in [4.69, 9.17) is 0 Å². The molecular weight excluding hydrogens is 240 g/mol. The minimum atomic E-state index is 0.146. The lowest BCUT2D eigenvalue weighted by Gasteiger charge is -2.19. The fourth-order valence-electron chi connectivity index (χ4n) is 1.74. The molecule has 96 valence electrons. The number of hydrogen-bond acceptors (Lipinski definition) is 3. The predicted molar refractivity (Wildman–Crippen MR) is 78.9 cm³/mol. The molecule has 0 radical (unpaired) electrons. The summed E-state index contributed by atoms with van der Waals surface area (Å²) >= 11 is 1.58. The molecule has 2 nitrogen and oxygen atoms in total. The van der Waals surface area contributed by atoms with Crippen molar-refractivity contribution < 1.29 is 0 Å². The first-order valence-electron chi connectivity index (χ1n) is 6.22. The summed E-state index contributed by atoms with van der Waals surface area (Å²) in [5.41, 5.74) is 3.74. The molecule has 0 unspecified atom stereocenters.